The fourth-order valence-electron chi connectivity index (χ4n) is 3.33. The van der Waals surface area contributed by atoms with Gasteiger partial charge in [0.1, 0.15) is 0 Å². The van der Waals surface area contributed by atoms with Gasteiger partial charge in [0.05, 0.1) is 12.3 Å². The van der Waals surface area contributed by atoms with Gasteiger partial charge in [-0.15, -0.1) is 0 Å². The Morgan fingerprint density at radius 2 is 1.68 bits per heavy atom. The fraction of sp³-hybridized carbons (Fsp3) is 0.579. The van der Waals surface area contributed by atoms with Crippen LogP contribution in [0.25, 0.3) is 0 Å². The third kappa shape index (κ3) is 3.76. The highest BCUT2D eigenvalue weighted by atomic mass is 16.7. The summed E-state index contributed by atoms with van der Waals surface area (Å²) in [4.78, 5) is 17.5. The van der Waals surface area contributed by atoms with Crippen molar-refractivity contribution in [2.24, 2.45) is 4.99 Å². The van der Waals surface area contributed by atoms with Crippen molar-refractivity contribution in [3.05, 3.63) is 29.8 Å². The fourth-order valence-corrected chi connectivity index (χ4v) is 3.33. The second-order valence-corrected chi connectivity index (χ2v) is 6.56. The minimum absolute atomic E-state index is 0.134. The number of rotatable bonds is 3. The first-order valence-electron chi connectivity index (χ1n) is 9.08. The van der Waals surface area contributed by atoms with Gasteiger partial charge >= 0.3 is 0 Å². The van der Waals surface area contributed by atoms with E-state index in [1.807, 2.05) is 18.2 Å². The monoisotopic (exact) mass is 345 g/mol. The van der Waals surface area contributed by atoms with Crippen molar-refractivity contribution in [1.82, 2.24) is 0 Å². The van der Waals surface area contributed by atoms with Crippen molar-refractivity contribution in [2.45, 2.75) is 57.2 Å². The lowest BCUT2D eigenvalue weighted by atomic mass is 10.0. The molecule has 0 aliphatic carbocycles. The number of Topliss-reactive ketones (excluding diaryl/α,β-unsaturated/α-hetero) is 1. The maximum absolute atomic E-state index is 13.0. The SMILES string of the molecule is O=C1c2ccccc2N=C(OC2CCCCO2)C1OC1CCCCO1. The van der Waals surface area contributed by atoms with Crippen LogP contribution < -0.4 is 0 Å². The number of para-hydroxylation sites is 1. The van der Waals surface area contributed by atoms with E-state index in [-0.39, 0.29) is 18.0 Å². The molecule has 1 aromatic carbocycles. The van der Waals surface area contributed by atoms with Crippen molar-refractivity contribution in [3.8, 4) is 0 Å². The zero-order valence-electron chi connectivity index (χ0n) is 14.2. The van der Waals surface area contributed by atoms with Crippen molar-refractivity contribution in [3.63, 3.8) is 0 Å². The van der Waals surface area contributed by atoms with Gasteiger partial charge in [0, 0.05) is 18.6 Å². The number of carbonyl (C=O) groups is 1. The Labute approximate surface area is 147 Å². The van der Waals surface area contributed by atoms with E-state index >= 15 is 0 Å². The predicted octanol–water partition coefficient (Wildman–Crippen LogP) is 3.37. The minimum Gasteiger partial charge on any atom is -0.449 e. The molecule has 0 radical (unpaired) electrons. The summed E-state index contributed by atoms with van der Waals surface area (Å²) in [5, 5.41) is 0. The van der Waals surface area contributed by atoms with Crippen LogP contribution >= 0.6 is 0 Å². The summed E-state index contributed by atoms with van der Waals surface area (Å²) >= 11 is 0. The summed E-state index contributed by atoms with van der Waals surface area (Å²) in [6.07, 6.45) is 4.06. The Kier molecular flexibility index (Phi) is 5.10. The predicted molar refractivity (Wildman–Crippen MR) is 91.0 cm³/mol. The second-order valence-electron chi connectivity index (χ2n) is 6.56. The molecule has 0 bridgehead atoms. The summed E-state index contributed by atoms with van der Waals surface area (Å²) in [7, 11) is 0. The van der Waals surface area contributed by atoms with Crippen LogP contribution in [-0.4, -0.2) is 43.6 Å². The molecule has 3 atom stereocenters. The number of aliphatic imine (C=N–C) groups is 1. The molecule has 6 nitrogen and oxygen atoms in total. The average Bonchev–Trinajstić information content (AvgIpc) is 2.67. The number of hydrogen-bond acceptors (Lipinski definition) is 6. The van der Waals surface area contributed by atoms with Crippen molar-refractivity contribution < 1.29 is 23.7 Å². The number of ketones is 1. The van der Waals surface area contributed by atoms with Gasteiger partial charge in [-0.1, -0.05) is 12.1 Å². The zero-order chi connectivity index (χ0) is 17.1. The number of carbonyl (C=O) groups excluding carboxylic acids is 1. The number of hydrogen-bond donors (Lipinski definition) is 0. The molecule has 3 aliphatic heterocycles. The van der Waals surface area contributed by atoms with Gasteiger partial charge in [-0.25, -0.2) is 4.99 Å². The highest BCUT2D eigenvalue weighted by Gasteiger charge is 2.37. The molecule has 3 unspecified atom stereocenters. The first-order chi connectivity index (χ1) is 12.3. The summed E-state index contributed by atoms with van der Waals surface area (Å²) < 4.78 is 23.2. The lowest BCUT2D eigenvalue weighted by molar-refractivity contribution is -0.174. The molecule has 25 heavy (non-hydrogen) atoms. The van der Waals surface area contributed by atoms with E-state index in [0.717, 1.165) is 38.5 Å². The molecule has 2 saturated heterocycles. The first-order valence-corrected chi connectivity index (χ1v) is 9.08. The largest absolute Gasteiger partial charge is 0.449 e. The number of fused-ring (bicyclic) bond motifs is 1. The first kappa shape index (κ1) is 16.7. The number of ether oxygens (including phenoxy) is 4. The molecule has 0 saturated carbocycles. The van der Waals surface area contributed by atoms with Crippen LogP contribution in [0.4, 0.5) is 5.69 Å². The van der Waals surface area contributed by atoms with Gasteiger partial charge in [-0.05, 0) is 44.2 Å². The van der Waals surface area contributed by atoms with Gasteiger partial charge in [-0.3, -0.25) is 4.79 Å². The summed E-state index contributed by atoms with van der Waals surface area (Å²) in [5.41, 5.74) is 1.17. The third-order valence-corrected chi connectivity index (χ3v) is 4.68. The molecule has 1 aromatic rings. The van der Waals surface area contributed by atoms with E-state index in [9.17, 15) is 4.79 Å². The topological polar surface area (TPSA) is 66.4 Å². The molecular formula is C19H23NO5. The average molecular weight is 345 g/mol. The summed E-state index contributed by atoms with van der Waals surface area (Å²) in [6.45, 7) is 1.32. The van der Waals surface area contributed by atoms with E-state index in [1.165, 1.54) is 0 Å². The van der Waals surface area contributed by atoms with E-state index in [0.29, 0.717) is 24.5 Å². The van der Waals surface area contributed by atoms with Crippen LogP contribution in [0.1, 0.15) is 48.9 Å². The molecule has 4 rings (SSSR count). The molecule has 2 fully saturated rings. The van der Waals surface area contributed by atoms with Crippen molar-refractivity contribution in [2.75, 3.05) is 13.2 Å². The molecule has 0 N–H and O–H groups in total. The van der Waals surface area contributed by atoms with Crippen LogP contribution in [0.5, 0.6) is 0 Å². The molecule has 0 aromatic heterocycles. The Balaban J connectivity index is 1.58. The third-order valence-electron chi connectivity index (χ3n) is 4.68. The maximum Gasteiger partial charge on any atom is 0.229 e. The lowest BCUT2D eigenvalue weighted by Gasteiger charge is -2.32. The van der Waals surface area contributed by atoms with E-state index < -0.39 is 12.4 Å². The maximum atomic E-state index is 13.0. The highest BCUT2D eigenvalue weighted by Crippen LogP contribution is 2.30. The Hall–Kier alpha value is -1.76. The molecule has 0 amide bonds. The van der Waals surface area contributed by atoms with Crippen LogP contribution in [0.3, 0.4) is 0 Å². The molecule has 3 heterocycles. The van der Waals surface area contributed by atoms with Gasteiger partial charge < -0.3 is 18.9 Å². The van der Waals surface area contributed by atoms with Crippen LogP contribution in [-0.2, 0) is 18.9 Å². The number of nitrogens with zero attached hydrogens (tertiary/aromatic N) is 1. The summed E-state index contributed by atoms with van der Waals surface area (Å²) in [6, 6.07) is 7.27. The van der Waals surface area contributed by atoms with Gasteiger partial charge in [-0.2, -0.15) is 0 Å². The molecule has 134 valence electrons. The summed E-state index contributed by atoms with van der Waals surface area (Å²) in [5.74, 6) is 0.148. The number of benzene rings is 1. The molecule has 3 aliphatic rings. The molecule has 0 spiro atoms. The standard InChI is InChI=1S/C19H23NO5/c21-17-13-7-1-2-8-14(13)20-19(25-16-10-4-6-12-23-16)18(17)24-15-9-3-5-11-22-15/h1-2,7-8,15-16,18H,3-6,9-12H2. The van der Waals surface area contributed by atoms with E-state index in [4.69, 9.17) is 18.9 Å². The van der Waals surface area contributed by atoms with E-state index in [1.54, 1.807) is 6.07 Å². The van der Waals surface area contributed by atoms with Crippen LogP contribution in [0, 0.1) is 0 Å². The van der Waals surface area contributed by atoms with Crippen LogP contribution in [0.15, 0.2) is 29.3 Å². The Morgan fingerprint density at radius 3 is 2.40 bits per heavy atom. The van der Waals surface area contributed by atoms with Gasteiger partial charge in [0.2, 0.25) is 18.0 Å². The zero-order valence-corrected chi connectivity index (χ0v) is 14.2. The Morgan fingerprint density at radius 1 is 0.960 bits per heavy atom. The van der Waals surface area contributed by atoms with Gasteiger partial charge in [0.15, 0.2) is 12.4 Å². The van der Waals surface area contributed by atoms with Crippen LogP contribution in [0.2, 0.25) is 0 Å². The second kappa shape index (κ2) is 7.64. The highest BCUT2D eigenvalue weighted by molar-refractivity contribution is 6.18. The quantitative estimate of drug-likeness (QED) is 0.840. The Bertz CT molecular complexity index is 647. The smallest absolute Gasteiger partial charge is 0.229 e. The molecular weight excluding hydrogens is 322 g/mol. The van der Waals surface area contributed by atoms with Crippen molar-refractivity contribution in [1.29, 1.82) is 0 Å². The minimum atomic E-state index is -0.872. The molecule has 6 heteroatoms. The lowest BCUT2D eigenvalue weighted by Crippen LogP contribution is -2.43. The van der Waals surface area contributed by atoms with Crippen molar-refractivity contribution >= 4 is 17.4 Å². The van der Waals surface area contributed by atoms with E-state index in [2.05, 4.69) is 4.99 Å². The normalized spacial score (nSPS) is 29.7. The van der Waals surface area contributed by atoms with Gasteiger partial charge in [0.25, 0.3) is 0 Å².